The van der Waals surface area contributed by atoms with E-state index in [9.17, 15) is 0 Å². The molecule has 22 heavy (non-hydrogen) atoms. The Hall–Kier alpha value is -2.94. The van der Waals surface area contributed by atoms with Gasteiger partial charge in [0.25, 0.3) is 0 Å². The minimum atomic E-state index is 0.693. The SMILES string of the molecule is c1ccc(CNc2c3ccccc3nc3ccccc23)nc1. The molecule has 0 saturated heterocycles. The van der Waals surface area contributed by atoms with Crippen molar-refractivity contribution in [3.05, 3.63) is 78.6 Å². The molecule has 0 aliphatic heterocycles. The number of fused-ring (bicyclic) bond motifs is 2. The fourth-order valence-corrected chi connectivity index (χ4v) is 2.71. The predicted octanol–water partition coefficient (Wildman–Crippen LogP) is 4.40. The smallest absolute Gasteiger partial charge is 0.0730 e. The summed E-state index contributed by atoms with van der Waals surface area (Å²) in [6, 6.07) is 22.4. The average Bonchev–Trinajstić information content (AvgIpc) is 2.59. The van der Waals surface area contributed by atoms with Crippen LogP contribution in [0.25, 0.3) is 21.8 Å². The van der Waals surface area contributed by atoms with Crippen LogP contribution in [0.4, 0.5) is 5.69 Å². The topological polar surface area (TPSA) is 37.8 Å². The average molecular weight is 285 g/mol. The van der Waals surface area contributed by atoms with E-state index in [1.165, 1.54) is 0 Å². The first kappa shape index (κ1) is 12.8. The van der Waals surface area contributed by atoms with E-state index in [1.54, 1.807) is 0 Å². The van der Waals surface area contributed by atoms with E-state index in [0.29, 0.717) is 6.54 Å². The molecule has 0 amide bonds. The maximum absolute atomic E-state index is 4.74. The van der Waals surface area contributed by atoms with Crippen molar-refractivity contribution in [3.63, 3.8) is 0 Å². The van der Waals surface area contributed by atoms with Crippen LogP contribution >= 0.6 is 0 Å². The van der Waals surface area contributed by atoms with Crippen molar-refractivity contribution in [3.8, 4) is 0 Å². The van der Waals surface area contributed by atoms with Gasteiger partial charge < -0.3 is 5.32 Å². The van der Waals surface area contributed by atoms with E-state index in [4.69, 9.17) is 4.98 Å². The number of para-hydroxylation sites is 2. The van der Waals surface area contributed by atoms with Crippen LogP contribution in [0.1, 0.15) is 5.69 Å². The standard InChI is InChI=1S/C19H15N3/c1-3-10-17-15(8-1)19(16-9-2-4-11-18(16)22-17)21-13-14-7-5-6-12-20-14/h1-12H,13H2,(H,21,22). The molecular weight excluding hydrogens is 270 g/mol. The molecule has 106 valence electrons. The zero-order valence-corrected chi connectivity index (χ0v) is 12.0. The number of anilines is 1. The molecule has 0 fully saturated rings. The first-order valence-corrected chi connectivity index (χ1v) is 7.33. The largest absolute Gasteiger partial charge is 0.378 e. The Labute approximate surface area is 128 Å². The third kappa shape index (κ3) is 2.27. The lowest BCUT2D eigenvalue weighted by Gasteiger charge is -2.12. The highest BCUT2D eigenvalue weighted by Gasteiger charge is 2.08. The van der Waals surface area contributed by atoms with Crippen LogP contribution in [0.2, 0.25) is 0 Å². The van der Waals surface area contributed by atoms with Crippen LogP contribution in [-0.4, -0.2) is 9.97 Å². The van der Waals surface area contributed by atoms with Crippen molar-refractivity contribution in [1.29, 1.82) is 0 Å². The van der Waals surface area contributed by atoms with Crippen LogP contribution in [0, 0.1) is 0 Å². The molecular formula is C19H15N3. The fraction of sp³-hybridized carbons (Fsp3) is 0.0526. The fourth-order valence-electron chi connectivity index (χ4n) is 2.71. The van der Waals surface area contributed by atoms with Gasteiger partial charge in [-0.2, -0.15) is 0 Å². The van der Waals surface area contributed by atoms with Crippen molar-refractivity contribution >= 4 is 27.5 Å². The van der Waals surface area contributed by atoms with Crippen LogP contribution in [-0.2, 0) is 6.54 Å². The van der Waals surface area contributed by atoms with Gasteiger partial charge in [0.1, 0.15) is 0 Å². The predicted molar refractivity (Wildman–Crippen MR) is 90.8 cm³/mol. The molecule has 4 rings (SSSR count). The van der Waals surface area contributed by atoms with E-state index in [-0.39, 0.29) is 0 Å². The van der Waals surface area contributed by atoms with Crippen molar-refractivity contribution < 1.29 is 0 Å². The van der Waals surface area contributed by atoms with E-state index in [2.05, 4.69) is 22.4 Å². The number of nitrogens with zero attached hydrogens (tertiary/aromatic N) is 2. The number of aromatic nitrogens is 2. The molecule has 0 radical (unpaired) electrons. The maximum atomic E-state index is 4.74. The Morgan fingerprint density at radius 1 is 0.727 bits per heavy atom. The Morgan fingerprint density at radius 3 is 2.00 bits per heavy atom. The van der Waals surface area contributed by atoms with Gasteiger partial charge >= 0.3 is 0 Å². The van der Waals surface area contributed by atoms with E-state index in [1.807, 2.05) is 60.8 Å². The van der Waals surface area contributed by atoms with Gasteiger partial charge in [0.2, 0.25) is 0 Å². The quantitative estimate of drug-likeness (QED) is 0.567. The summed E-state index contributed by atoms with van der Waals surface area (Å²) in [5, 5.41) is 5.82. The number of benzene rings is 2. The zero-order chi connectivity index (χ0) is 14.8. The van der Waals surface area contributed by atoms with E-state index < -0.39 is 0 Å². The van der Waals surface area contributed by atoms with Crippen LogP contribution in [0.15, 0.2) is 72.9 Å². The first-order valence-electron chi connectivity index (χ1n) is 7.33. The Bertz CT molecular complexity index is 879. The molecule has 0 bridgehead atoms. The normalized spacial score (nSPS) is 10.9. The van der Waals surface area contributed by atoms with Gasteiger partial charge in [-0.25, -0.2) is 4.98 Å². The minimum absolute atomic E-state index is 0.693. The number of hydrogen-bond donors (Lipinski definition) is 1. The number of rotatable bonds is 3. The highest BCUT2D eigenvalue weighted by molar-refractivity contribution is 6.07. The van der Waals surface area contributed by atoms with Crippen molar-refractivity contribution in [2.24, 2.45) is 0 Å². The molecule has 0 aliphatic rings. The molecule has 3 nitrogen and oxygen atoms in total. The lowest BCUT2D eigenvalue weighted by Crippen LogP contribution is -2.03. The van der Waals surface area contributed by atoms with E-state index >= 15 is 0 Å². The molecule has 0 spiro atoms. The third-order valence-corrected chi connectivity index (χ3v) is 3.76. The summed E-state index contributed by atoms with van der Waals surface area (Å²) in [6.45, 7) is 0.693. The van der Waals surface area contributed by atoms with E-state index in [0.717, 1.165) is 33.2 Å². The van der Waals surface area contributed by atoms with Crippen molar-refractivity contribution in [2.75, 3.05) is 5.32 Å². The summed E-state index contributed by atoms with van der Waals surface area (Å²) in [5.41, 5.74) is 4.15. The Morgan fingerprint density at radius 2 is 1.36 bits per heavy atom. The Kier molecular flexibility index (Phi) is 3.16. The second-order valence-corrected chi connectivity index (χ2v) is 5.20. The minimum Gasteiger partial charge on any atom is -0.378 e. The van der Waals surface area contributed by atoms with Crippen LogP contribution in [0.3, 0.4) is 0 Å². The van der Waals surface area contributed by atoms with Gasteiger partial charge in [0, 0.05) is 17.0 Å². The molecule has 4 aromatic rings. The molecule has 2 aromatic heterocycles. The lowest BCUT2D eigenvalue weighted by molar-refractivity contribution is 1.05. The first-order chi connectivity index (χ1) is 10.9. The third-order valence-electron chi connectivity index (χ3n) is 3.76. The highest BCUT2D eigenvalue weighted by atomic mass is 14.9. The number of hydrogen-bond acceptors (Lipinski definition) is 3. The molecule has 2 aromatic carbocycles. The van der Waals surface area contributed by atoms with Crippen LogP contribution in [0.5, 0.6) is 0 Å². The summed E-state index contributed by atoms with van der Waals surface area (Å²) in [5.74, 6) is 0. The van der Waals surface area contributed by atoms with Gasteiger partial charge in [-0.05, 0) is 24.3 Å². The molecule has 2 heterocycles. The summed E-state index contributed by atoms with van der Waals surface area (Å²) in [4.78, 5) is 9.11. The number of pyridine rings is 2. The van der Waals surface area contributed by atoms with Crippen molar-refractivity contribution in [2.45, 2.75) is 6.54 Å². The highest BCUT2D eigenvalue weighted by Crippen LogP contribution is 2.30. The monoisotopic (exact) mass is 285 g/mol. The summed E-state index contributed by atoms with van der Waals surface area (Å²) in [7, 11) is 0. The van der Waals surface area contributed by atoms with Gasteiger partial charge in [-0.1, -0.05) is 42.5 Å². The Balaban J connectivity index is 1.85. The summed E-state index contributed by atoms with van der Waals surface area (Å²) >= 11 is 0. The lowest BCUT2D eigenvalue weighted by atomic mass is 10.1. The summed E-state index contributed by atoms with van der Waals surface area (Å²) < 4.78 is 0. The second-order valence-electron chi connectivity index (χ2n) is 5.20. The molecule has 0 saturated carbocycles. The molecule has 1 N–H and O–H groups in total. The second kappa shape index (κ2) is 5.45. The van der Waals surface area contributed by atoms with Gasteiger partial charge in [0.15, 0.2) is 0 Å². The van der Waals surface area contributed by atoms with Crippen LogP contribution < -0.4 is 5.32 Å². The summed E-state index contributed by atoms with van der Waals surface area (Å²) in [6.07, 6.45) is 1.82. The van der Waals surface area contributed by atoms with Crippen molar-refractivity contribution in [1.82, 2.24) is 9.97 Å². The molecule has 0 atom stereocenters. The van der Waals surface area contributed by atoms with Gasteiger partial charge in [-0.15, -0.1) is 0 Å². The molecule has 0 aliphatic carbocycles. The number of nitrogens with one attached hydrogen (secondary N) is 1. The van der Waals surface area contributed by atoms with Gasteiger partial charge in [-0.3, -0.25) is 4.98 Å². The molecule has 0 unspecified atom stereocenters. The molecule has 3 heteroatoms. The zero-order valence-electron chi connectivity index (χ0n) is 12.0. The van der Waals surface area contributed by atoms with Gasteiger partial charge in [0.05, 0.1) is 29.0 Å². The maximum Gasteiger partial charge on any atom is 0.0730 e.